The first kappa shape index (κ1) is 28.9. The van der Waals surface area contributed by atoms with E-state index in [1.54, 1.807) is 11.8 Å². The van der Waals surface area contributed by atoms with Gasteiger partial charge in [-0.05, 0) is 44.2 Å². The highest BCUT2D eigenvalue weighted by molar-refractivity contribution is 7.99. The monoisotopic (exact) mass is 547 g/mol. The van der Waals surface area contributed by atoms with Gasteiger partial charge in [0.25, 0.3) is 0 Å². The van der Waals surface area contributed by atoms with E-state index in [0.29, 0.717) is 32.5 Å². The van der Waals surface area contributed by atoms with E-state index in [1.807, 2.05) is 34.9 Å². The van der Waals surface area contributed by atoms with Crippen molar-refractivity contribution >= 4 is 23.6 Å². The first-order chi connectivity index (χ1) is 18.6. The summed E-state index contributed by atoms with van der Waals surface area (Å²) in [5, 5.41) is 9.90. The second-order valence-electron chi connectivity index (χ2n) is 11.7. The van der Waals surface area contributed by atoms with E-state index in [4.69, 9.17) is 0 Å². The maximum Gasteiger partial charge on any atom is 0.223 e. The molecule has 0 N–H and O–H groups in total. The summed E-state index contributed by atoms with van der Waals surface area (Å²) in [5.41, 5.74) is 3.24. The number of nitrogens with zero attached hydrogens (tertiary/aromatic N) is 5. The molecule has 1 aliphatic rings. The fourth-order valence-electron chi connectivity index (χ4n) is 4.87. The molecular formula is C31H41N5O2S. The third kappa shape index (κ3) is 7.72. The lowest BCUT2D eigenvalue weighted by Crippen LogP contribution is -2.55. The van der Waals surface area contributed by atoms with E-state index in [-0.39, 0.29) is 23.3 Å². The quantitative estimate of drug-likeness (QED) is 0.243. The summed E-state index contributed by atoms with van der Waals surface area (Å²) in [4.78, 5) is 29.5. The van der Waals surface area contributed by atoms with Gasteiger partial charge in [-0.3, -0.25) is 14.2 Å². The smallest absolute Gasteiger partial charge is 0.223 e. The van der Waals surface area contributed by atoms with Gasteiger partial charge in [-0.1, -0.05) is 80.6 Å². The summed E-state index contributed by atoms with van der Waals surface area (Å²) in [6.45, 7) is 12.2. The van der Waals surface area contributed by atoms with Crippen molar-refractivity contribution in [2.24, 2.45) is 5.41 Å². The van der Waals surface area contributed by atoms with Gasteiger partial charge < -0.3 is 9.80 Å². The van der Waals surface area contributed by atoms with Crippen LogP contribution in [0.2, 0.25) is 0 Å². The average molecular weight is 548 g/mol. The van der Waals surface area contributed by atoms with E-state index in [1.165, 1.54) is 5.56 Å². The number of piperazine rings is 1. The number of amides is 2. The van der Waals surface area contributed by atoms with Crippen LogP contribution < -0.4 is 0 Å². The largest absolute Gasteiger partial charge is 0.339 e. The van der Waals surface area contributed by atoms with Gasteiger partial charge in [0, 0.05) is 55.5 Å². The Morgan fingerprint density at radius 2 is 1.67 bits per heavy atom. The molecule has 2 amide bonds. The number of unbranched alkanes of at least 4 members (excludes halogenated alkanes) is 1. The topological polar surface area (TPSA) is 71.3 Å². The summed E-state index contributed by atoms with van der Waals surface area (Å²) < 4.78 is 2.12. The Morgan fingerprint density at radius 1 is 0.949 bits per heavy atom. The van der Waals surface area contributed by atoms with Gasteiger partial charge in [-0.2, -0.15) is 0 Å². The summed E-state index contributed by atoms with van der Waals surface area (Å²) >= 11 is 1.68. The highest BCUT2D eigenvalue weighted by Gasteiger charge is 2.31. The SMILES string of the molecule is Cc1ccc(-n2c(SCCCCC(=O)N3CCN(C(=O)CC(C)(C)C)C(C)C3)nnc2-c2ccccc2)cc1. The molecule has 4 rings (SSSR count). The summed E-state index contributed by atoms with van der Waals surface area (Å²) in [7, 11) is 0. The van der Waals surface area contributed by atoms with Gasteiger partial charge in [0.15, 0.2) is 11.0 Å². The molecular weight excluding hydrogens is 506 g/mol. The minimum absolute atomic E-state index is 0.0295. The molecule has 1 atom stereocenters. The Bertz CT molecular complexity index is 1250. The van der Waals surface area contributed by atoms with Crippen molar-refractivity contribution in [3.8, 4) is 17.1 Å². The zero-order valence-electron chi connectivity index (χ0n) is 23.9. The number of rotatable bonds is 9. The number of thioether (sulfide) groups is 1. The number of benzene rings is 2. The molecule has 2 heterocycles. The lowest BCUT2D eigenvalue weighted by molar-refractivity contribution is -0.143. The zero-order valence-corrected chi connectivity index (χ0v) is 24.7. The zero-order chi connectivity index (χ0) is 28.0. The highest BCUT2D eigenvalue weighted by atomic mass is 32.2. The molecule has 1 saturated heterocycles. The molecule has 39 heavy (non-hydrogen) atoms. The minimum Gasteiger partial charge on any atom is -0.339 e. The Hall–Kier alpha value is -3.13. The van der Waals surface area contributed by atoms with Crippen LogP contribution in [0.1, 0.15) is 58.9 Å². The maximum atomic E-state index is 12.9. The van der Waals surface area contributed by atoms with Gasteiger partial charge in [-0.25, -0.2) is 0 Å². The van der Waals surface area contributed by atoms with Crippen LogP contribution in [-0.2, 0) is 9.59 Å². The van der Waals surface area contributed by atoms with Gasteiger partial charge in [-0.15, -0.1) is 10.2 Å². The minimum atomic E-state index is -0.0295. The molecule has 1 unspecified atom stereocenters. The predicted octanol–water partition coefficient (Wildman–Crippen LogP) is 6.00. The van der Waals surface area contributed by atoms with Crippen molar-refractivity contribution in [3.05, 3.63) is 60.2 Å². The maximum absolute atomic E-state index is 12.9. The van der Waals surface area contributed by atoms with E-state index >= 15 is 0 Å². The highest BCUT2D eigenvalue weighted by Crippen LogP contribution is 2.29. The van der Waals surface area contributed by atoms with E-state index in [2.05, 4.69) is 78.9 Å². The van der Waals surface area contributed by atoms with E-state index in [0.717, 1.165) is 40.8 Å². The first-order valence-corrected chi connectivity index (χ1v) is 14.9. The van der Waals surface area contributed by atoms with Crippen molar-refractivity contribution in [1.29, 1.82) is 0 Å². The third-order valence-electron chi connectivity index (χ3n) is 6.96. The normalized spacial score (nSPS) is 16.0. The molecule has 1 aliphatic heterocycles. The molecule has 1 fully saturated rings. The van der Waals surface area contributed by atoms with Crippen LogP contribution in [0.15, 0.2) is 59.8 Å². The van der Waals surface area contributed by atoms with Crippen molar-refractivity contribution in [1.82, 2.24) is 24.6 Å². The van der Waals surface area contributed by atoms with Crippen molar-refractivity contribution < 1.29 is 9.59 Å². The molecule has 0 radical (unpaired) electrons. The van der Waals surface area contributed by atoms with Gasteiger partial charge >= 0.3 is 0 Å². The number of carbonyl (C=O) groups excluding carboxylic acids is 2. The van der Waals surface area contributed by atoms with Crippen LogP contribution in [0, 0.1) is 12.3 Å². The molecule has 7 nitrogen and oxygen atoms in total. The van der Waals surface area contributed by atoms with E-state index in [9.17, 15) is 9.59 Å². The molecule has 2 aromatic carbocycles. The van der Waals surface area contributed by atoms with E-state index < -0.39 is 0 Å². The molecule has 8 heteroatoms. The number of aromatic nitrogens is 3. The fourth-order valence-corrected chi connectivity index (χ4v) is 5.82. The Morgan fingerprint density at radius 3 is 2.33 bits per heavy atom. The lowest BCUT2D eigenvalue weighted by atomic mass is 9.91. The van der Waals surface area contributed by atoms with Crippen LogP contribution in [0.25, 0.3) is 17.1 Å². The Balaban J connectivity index is 1.29. The Labute approximate surface area is 237 Å². The molecule has 3 aromatic rings. The second-order valence-corrected chi connectivity index (χ2v) is 12.7. The summed E-state index contributed by atoms with van der Waals surface area (Å²) in [6, 6.07) is 18.6. The van der Waals surface area contributed by atoms with Crippen molar-refractivity contribution in [2.45, 2.75) is 71.5 Å². The summed E-state index contributed by atoms with van der Waals surface area (Å²) in [6.07, 6.45) is 2.81. The van der Waals surface area contributed by atoms with Crippen molar-refractivity contribution in [3.63, 3.8) is 0 Å². The lowest BCUT2D eigenvalue weighted by Gasteiger charge is -2.41. The third-order valence-corrected chi connectivity index (χ3v) is 7.97. The van der Waals surface area contributed by atoms with Crippen LogP contribution in [0.4, 0.5) is 0 Å². The van der Waals surface area contributed by atoms with Crippen LogP contribution in [0.5, 0.6) is 0 Å². The Kier molecular flexibility index (Phi) is 9.49. The molecule has 0 spiro atoms. The van der Waals surface area contributed by atoms with Crippen LogP contribution >= 0.6 is 11.8 Å². The fraction of sp³-hybridized carbons (Fsp3) is 0.484. The number of aryl methyl sites for hydroxylation is 1. The van der Waals surface area contributed by atoms with Gasteiger partial charge in [0.2, 0.25) is 11.8 Å². The first-order valence-electron chi connectivity index (χ1n) is 13.9. The van der Waals surface area contributed by atoms with Crippen LogP contribution in [0.3, 0.4) is 0 Å². The number of hydrogen-bond donors (Lipinski definition) is 0. The summed E-state index contributed by atoms with van der Waals surface area (Å²) in [5.74, 6) is 2.06. The van der Waals surface area contributed by atoms with Crippen LogP contribution in [-0.4, -0.2) is 67.8 Å². The number of hydrogen-bond acceptors (Lipinski definition) is 5. The molecule has 1 aromatic heterocycles. The predicted molar refractivity (Wildman–Crippen MR) is 158 cm³/mol. The standard InChI is InChI=1S/C31H41N5O2S/c1-23-14-16-26(17-15-23)36-29(25-11-7-6-8-12-25)32-33-30(36)39-20-10-9-13-27(37)34-18-19-35(24(2)22-34)28(38)21-31(3,4)5/h6-8,11-12,14-17,24H,9-10,13,18-22H2,1-5H3. The number of carbonyl (C=O) groups is 2. The van der Waals surface area contributed by atoms with Gasteiger partial charge in [0.1, 0.15) is 0 Å². The molecule has 0 bridgehead atoms. The molecule has 0 aliphatic carbocycles. The molecule has 0 saturated carbocycles. The van der Waals surface area contributed by atoms with Crippen molar-refractivity contribution in [2.75, 3.05) is 25.4 Å². The van der Waals surface area contributed by atoms with Gasteiger partial charge in [0.05, 0.1) is 0 Å². The second kappa shape index (κ2) is 12.8. The molecule has 208 valence electrons. The average Bonchev–Trinajstić information content (AvgIpc) is 3.32.